The predicted octanol–water partition coefficient (Wildman–Crippen LogP) is 1.38. The molecule has 0 fully saturated rings. The molecule has 0 radical (unpaired) electrons. The summed E-state index contributed by atoms with van der Waals surface area (Å²) in [6.07, 6.45) is -3.59. The molecular formula is C9H8F3N5O2. The number of amides is 1. The van der Waals surface area contributed by atoms with Gasteiger partial charge in [0.2, 0.25) is 5.95 Å². The van der Waals surface area contributed by atoms with E-state index in [1.165, 1.54) is 14.0 Å². The predicted molar refractivity (Wildman–Crippen MR) is 55.2 cm³/mol. The number of aryl methyl sites for hydroxylation is 2. The summed E-state index contributed by atoms with van der Waals surface area (Å²) in [7, 11) is 1.23. The Kier molecular flexibility index (Phi) is 3.00. The molecule has 2 rings (SSSR count). The van der Waals surface area contributed by atoms with Crippen LogP contribution in [-0.4, -0.2) is 25.7 Å². The van der Waals surface area contributed by atoms with Crippen LogP contribution in [0, 0.1) is 6.92 Å². The molecule has 0 spiro atoms. The highest BCUT2D eigenvalue weighted by molar-refractivity contribution is 6.01. The van der Waals surface area contributed by atoms with Gasteiger partial charge in [-0.05, 0) is 0 Å². The number of halogens is 3. The van der Waals surface area contributed by atoms with Gasteiger partial charge in [-0.25, -0.2) is 9.67 Å². The van der Waals surface area contributed by atoms with Crippen LogP contribution in [0.2, 0.25) is 0 Å². The van der Waals surface area contributed by atoms with E-state index in [0.29, 0.717) is 0 Å². The van der Waals surface area contributed by atoms with Crippen LogP contribution in [0.25, 0.3) is 0 Å². The molecule has 2 aromatic rings. The number of hydrogen-bond acceptors (Lipinski definition) is 5. The lowest BCUT2D eigenvalue weighted by Crippen LogP contribution is -2.15. The summed E-state index contributed by atoms with van der Waals surface area (Å²) >= 11 is 0. The van der Waals surface area contributed by atoms with E-state index in [0.717, 1.165) is 10.9 Å². The summed E-state index contributed by atoms with van der Waals surface area (Å²) in [5, 5.41) is 5.32. The van der Waals surface area contributed by atoms with Crippen molar-refractivity contribution in [3.05, 3.63) is 23.7 Å². The zero-order valence-electron chi connectivity index (χ0n) is 9.82. The number of anilines is 1. The van der Waals surface area contributed by atoms with Gasteiger partial charge < -0.3 is 4.42 Å². The van der Waals surface area contributed by atoms with E-state index in [4.69, 9.17) is 4.42 Å². The molecule has 0 aliphatic rings. The third kappa shape index (κ3) is 2.72. The number of oxazole rings is 1. The van der Waals surface area contributed by atoms with E-state index in [1.54, 1.807) is 0 Å². The van der Waals surface area contributed by atoms with Gasteiger partial charge in [-0.1, -0.05) is 0 Å². The molecule has 2 aromatic heterocycles. The molecule has 102 valence electrons. The molecule has 1 amide bonds. The fourth-order valence-corrected chi connectivity index (χ4v) is 1.25. The second kappa shape index (κ2) is 4.37. The van der Waals surface area contributed by atoms with Crippen LogP contribution in [0.1, 0.15) is 22.2 Å². The summed E-state index contributed by atoms with van der Waals surface area (Å²) in [6.45, 7) is 1.53. The summed E-state index contributed by atoms with van der Waals surface area (Å²) in [4.78, 5) is 18.6. The van der Waals surface area contributed by atoms with E-state index in [1.807, 2.05) is 0 Å². The normalized spacial score (nSPS) is 11.6. The molecular weight excluding hydrogens is 267 g/mol. The smallest absolute Gasteiger partial charge is 0.448 e. The highest BCUT2D eigenvalue weighted by Gasteiger charge is 2.37. The Balaban J connectivity index is 2.20. The number of aromatic nitrogens is 4. The second-order valence-corrected chi connectivity index (χ2v) is 3.59. The molecule has 0 aromatic carbocycles. The molecule has 10 heteroatoms. The van der Waals surface area contributed by atoms with Crippen molar-refractivity contribution in [1.29, 1.82) is 0 Å². The van der Waals surface area contributed by atoms with Gasteiger partial charge in [0.1, 0.15) is 6.26 Å². The summed E-state index contributed by atoms with van der Waals surface area (Å²) < 4.78 is 42.7. The molecule has 1 N–H and O–H groups in total. The van der Waals surface area contributed by atoms with Crippen LogP contribution in [0.4, 0.5) is 19.1 Å². The van der Waals surface area contributed by atoms with Crippen molar-refractivity contribution in [2.45, 2.75) is 13.1 Å². The van der Waals surface area contributed by atoms with Gasteiger partial charge in [0, 0.05) is 14.0 Å². The lowest BCUT2D eigenvalue weighted by molar-refractivity contribution is -0.144. The molecule has 0 saturated carbocycles. The number of nitrogens with zero attached hydrogens (tertiary/aromatic N) is 4. The van der Waals surface area contributed by atoms with Crippen LogP contribution < -0.4 is 5.32 Å². The average Bonchev–Trinajstić information content (AvgIpc) is 2.85. The largest absolute Gasteiger partial charge is 0.453 e. The Morgan fingerprint density at radius 3 is 2.58 bits per heavy atom. The van der Waals surface area contributed by atoms with Gasteiger partial charge in [-0.2, -0.15) is 18.2 Å². The van der Waals surface area contributed by atoms with Crippen molar-refractivity contribution < 1.29 is 22.4 Å². The first-order valence-corrected chi connectivity index (χ1v) is 4.99. The lowest BCUT2D eigenvalue weighted by atomic mass is 10.4. The zero-order chi connectivity index (χ0) is 14.2. The summed E-state index contributed by atoms with van der Waals surface area (Å²) in [5.74, 6) is -2.14. The first kappa shape index (κ1) is 13.1. The lowest BCUT2D eigenvalue weighted by Gasteiger charge is -1.99. The fraction of sp³-hybridized carbons (Fsp3) is 0.333. The van der Waals surface area contributed by atoms with E-state index in [-0.39, 0.29) is 17.5 Å². The van der Waals surface area contributed by atoms with Gasteiger partial charge in [-0.3, -0.25) is 10.1 Å². The third-order valence-electron chi connectivity index (χ3n) is 2.09. The number of carbonyl (C=O) groups is 1. The van der Waals surface area contributed by atoms with Crippen molar-refractivity contribution in [1.82, 2.24) is 19.7 Å². The molecule has 0 bridgehead atoms. The second-order valence-electron chi connectivity index (χ2n) is 3.59. The van der Waals surface area contributed by atoms with Crippen molar-refractivity contribution in [3.8, 4) is 0 Å². The van der Waals surface area contributed by atoms with Crippen molar-refractivity contribution in [2.75, 3.05) is 5.32 Å². The SMILES string of the molecule is Cc1nc(C(=O)Nc2nc(C(F)(F)F)nn2C)co1. The maximum absolute atomic E-state index is 12.4. The summed E-state index contributed by atoms with van der Waals surface area (Å²) in [6, 6.07) is 0. The van der Waals surface area contributed by atoms with Crippen LogP contribution in [0.15, 0.2) is 10.7 Å². The number of carbonyl (C=O) groups excluding carboxylic acids is 1. The highest BCUT2D eigenvalue weighted by atomic mass is 19.4. The Labute approximate surface area is 104 Å². The molecule has 0 atom stereocenters. The monoisotopic (exact) mass is 275 g/mol. The molecule has 0 aliphatic carbocycles. The van der Waals surface area contributed by atoms with Crippen molar-refractivity contribution in [3.63, 3.8) is 0 Å². The fourth-order valence-electron chi connectivity index (χ4n) is 1.25. The third-order valence-corrected chi connectivity index (χ3v) is 2.09. The van der Waals surface area contributed by atoms with Crippen LogP contribution >= 0.6 is 0 Å². The molecule has 0 unspecified atom stereocenters. The number of hydrogen-bond donors (Lipinski definition) is 1. The van der Waals surface area contributed by atoms with E-state index >= 15 is 0 Å². The quantitative estimate of drug-likeness (QED) is 0.894. The minimum atomic E-state index is -4.68. The molecule has 0 saturated heterocycles. The molecule has 2 heterocycles. The maximum atomic E-state index is 12.4. The number of nitrogens with one attached hydrogen (secondary N) is 1. The first-order valence-electron chi connectivity index (χ1n) is 4.99. The minimum Gasteiger partial charge on any atom is -0.448 e. The molecule has 7 nitrogen and oxygen atoms in total. The van der Waals surface area contributed by atoms with Crippen LogP contribution in [0.3, 0.4) is 0 Å². The van der Waals surface area contributed by atoms with Crippen molar-refractivity contribution in [2.24, 2.45) is 7.05 Å². The van der Waals surface area contributed by atoms with Gasteiger partial charge in [0.15, 0.2) is 11.6 Å². The number of rotatable bonds is 2. The van der Waals surface area contributed by atoms with E-state index < -0.39 is 17.9 Å². The Morgan fingerprint density at radius 1 is 1.42 bits per heavy atom. The van der Waals surface area contributed by atoms with E-state index in [9.17, 15) is 18.0 Å². The standard InChI is InChI=1S/C9H8F3N5O2/c1-4-13-5(3-19-4)6(18)14-8-15-7(9(10,11)12)16-17(8)2/h3H,1-2H3,(H,14,15,16,18). The number of alkyl halides is 3. The Hall–Kier alpha value is -2.39. The van der Waals surface area contributed by atoms with Crippen LogP contribution in [-0.2, 0) is 13.2 Å². The zero-order valence-corrected chi connectivity index (χ0v) is 9.82. The van der Waals surface area contributed by atoms with Crippen molar-refractivity contribution >= 4 is 11.9 Å². The van der Waals surface area contributed by atoms with Crippen LogP contribution in [0.5, 0.6) is 0 Å². The minimum absolute atomic E-state index is 0.0611. The highest BCUT2D eigenvalue weighted by Crippen LogP contribution is 2.27. The average molecular weight is 275 g/mol. The summed E-state index contributed by atoms with van der Waals surface area (Å²) in [5.41, 5.74) is -0.0611. The van der Waals surface area contributed by atoms with Gasteiger partial charge in [-0.15, -0.1) is 5.10 Å². The molecule has 19 heavy (non-hydrogen) atoms. The Morgan fingerprint density at radius 2 is 2.11 bits per heavy atom. The van der Waals surface area contributed by atoms with Gasteiger partial charge >= 0.3 is 6.18 Å². The van der Waals surface area contributed by atoms with E-state index in [2.05, 4.69) is 20.4 Å². The maximum Gasteiger partial charge on any atom is 0.453 e. The topological polar surface area (TPSA) is 85.8 Å². The first-order chi connectivity index (χ1) is 8.77. The Bertz CT molecular complexity index is 616. The van der Waals surface area contributed by atoms with Gasteiger partial charge in [0.25, 0.3) is 11.7 Å². The van der Waals surface area contributed by atoms with Gasteiger partial charge in [0.05, 0.1) is 0 Å². The molecule has 0 aliphatic heterocycles.